The van der Waals surface area contributed by atoms with Crippen LogP contribution in [0.5, 0.6) is 0 Å². The van der Waals surface area contributed by atoms with Crippen molar-refractivity contribution in [2.75, 3.05) is 17.2 Å². The fraction of sp³-hybridized carbons (Fsp3) is 0.615. The predicted molar refractivity (Wildman–Crippen MR) is 76.1 cm³/mol. The van der Waals surface area contributed by atoms with Gasteiger partial charge in [0.05, 0.1) is 11.9 Å². The molecule has 6 heteroatoms. The third-order valence-electron chi connectivity index (χ3n) is 3.11. The minimum absolute atomic E-state index is 0.113. The molecule has 1 aliphatic heterocycles. The average Bonchev–Trinajstić information content (AvgIpc) is 2.94. The highest BCUT2D eigenvalue weighted by molar-refractivity contribution is 8.13. The number of carbonyl (C=O) groups is 2. The van der Waals surface area contributed by atoms with E-state index in [9.17, 15) is 9.59 Å². The quantitative estimate of drug-likeness (QED) is 0.827. The Hall–Kier alpha value is -1.30. The number of carbonyl (C=O) groups excluding carboxylic acids is 2. The summed E-state index contributed by atoms with van der Waals surface area (Å²) in [5.41, 5.74) is 0.869. The molecule has 0 radical (unpaired) electrons. The second kappa shape index (κ2) is 6.23. The van der Waals surface area contributed by atoms with Gasteiger partial charge in [-0.25, -0.2) is 0 Å². The Morgan fingerprint density at radius 1 is 1.58 bits per heavy atom. The summed E-state index contributed by atoms with van der Waals surface area (Å²) < 4.78 is 1.86. The van der Waals surface area contributed by atoms with Crippen LogP contribution in [0.1, 0.15) is 26.7 Å². The summed E-state index contributed by atoms with van der Waals surface area (Å²) >= 11 is 1.30. The van der Waals surface area contributed by atoms with Crippen LogP contribution in [0.15, 0.2) is 12.4 Å². The van der Waals surface area contributed by atoms with Crippen LogP contribution in [0.3, 0.4) is 0 Å². The Kier molecular flexibility index (Phi) is 4.63. The van der Waals surface area contributed by atoms with Crippen molar-refractivity contribution in [1.82, 2.24) is 9.78 Å². The van der Waals surface area contributed by atoms with E-state index in [1.165, 1.54) is 11.8 Å². The normalized spacial score (nSPS) is 19.2. The molecule has 0 N–H and O–H groups in total. The van der Waals surface area contributed by atoms with Crippen molar-refractivity contribution in [3.05, 3.63) is 12.4 Å². The molecule has 1 amide bonds. The molecular weight excluding hydrogens is 262 g/mol. The summed E-state index contributed by atoms with van der Waals surface area (Å²) in [6, 6.07) is 0. The molecular formula is C13H19N3O2S. The molecule has 1 atom stereocenters. The lowest BCUT2D eigenvalue weighted by Crippen LogP contribution is -2.24. The van der Waals surface area contributed by atoms with Gasteiger partial charge in [0.1, 0.15) is 0 Å². The van der Waals surface area contributed by atoms with E-state index in [0.29, 0.717) is 13.0 Å². The Labute approximate surface area is 117 Å². The van der Waals surface area contributed by atoms with Crippen LogP contribution in [0.2, 0.25) is 0 Å². The first-order valence-electron chi connectivity index (χ1n) is 6.56. The van der Waals surface area contributed by atoms with Gasteiger partial charge in [0.25, 0.3) is 0 Å². The first kappa shape index (κ1) is 14.1. The van der Waals surface area contributed by atoms with Crippen molar-refractivity contribution in [2.24, 2.45) is 5.92 Å². The third kappa shape index (κ3) is 3.59. The zero-order valence-corrected chi connectivity index (χ0v) is 12.2. The van der Waals surface area contributed by atoms with Crippen LogP contribution < -0.4 is 4.90 Å². The standard InChI is InChI=1S/C13H19N3O2S/c1-3-4-15-8-12(6-14-15)16-7-11(5-13(16)18)9-19-10(2)17/h6,8,11H,3-5,7,9H2,1-2H3. The largest absolute Gasteiger partial charge is 0.309 e. The topological polar surface area (TPSA) is 55.2 Å². The van der Waals surface area contributed by atoms with Crippen molar-refractivity contribution in [1.29, 1.82) is 0 Å². The molecule has 1 aliphatic rings. The van der Waals surface area contributed by atoms with Crippen LogP contribution in [-0.2, 0) is 16.1 Å². The fourth-order valence-electron chi connectivity index (χ4n) is 2.22. The fourth-order valence-corrected chi connectivity index (χ4v) is 2.92. The summed E-state index contributed by atoms with van der Waals surface area (Å²) in [5.74, 6) is 1.11. The smallest absolute Gasteiger partial charge is 0.227 e. The molecule has 5 nitrogen and oxygen atoms in total. The molecule has 0 saturated carbocycles. The molecule has 1 aromatic rings. The van der Waals surface area contributed by atoms with Crippen molar-refractivity contribution in [2.45, 2.75) is 33.2 Å². The van der Waals surface area contributed by atoms with Crippen molar-refractivity contribution < 1.29 is 9.59 Å². The van der Waals surface area contributed by atoms with Gasteiger partial charge in [-0.05, 0) is 12.3 Å². The van der Waals surface area contributed by atoms with E-state index in [2.05, 4.69) is 12.0 Å². The predicted octanol–water partition coefficient (Wildman–Crippen LogP) is 1.93. The number of thioether (sulfide) groups is 1. The maximum atomic E-state index is 12.0. The first-order chi connectivity index (χ1) is 9.10. The SMILES string of the molecule is CCCn1cc(N2CC(CSC(C)=O)CC2=O)cn1. The minimum Gasteiger partial charge on any atom is -0.309 e. The molecule has 19 heavy (non-hydrogen) atoms. The second-order valence-electron chi connectivity index (χ2n) is 4.84. The van der Waals surface area contributed by atoms with Gasteiger partial charge in [-0.1, -0.05) is 18.7 Å². The summed E-state index contributed by atoms with van der Waals surface area (Å²) in [5, 5.41) is 4.36. The van der Waals surface area contributed by atoms with Crippen molar-refractivity contribution >= 4 is 28.5 Å². The van der Waals surface area contributed by atoms with Gasteiger partial charge in [-0.15, -0.1) is 0 Å². The highest BCUT2D eigenvalue weighted by atomic mass is 32.2. The van der Waals surface area contributed by atoms with Gasteiger partial charge in [0.15, 0.2) is 5.12 Å². The lowest BCUT2D eigenvalue weighted by Gasteiger charge is -2.13. The molecule has 1 fully saturated rings. The average molecular weight is 281 g/mol. The van der Waals surface area contributed by atoms with Crippen LogP contribution in [0.4, 0.5) is 5.69 Å². The number of aryl methyl sites for hydroxylation is 1. The molecule has 1 aromatic heterocycles. The highest BCUT2D eigenvalue weighted by Crippen LogP contribution is 2.27. The Morgan fingerprint density at radius 2 is 2.37 bits per heavy atom. The van der Waals surface area contributed by atoms with E-state index in [0.717, 1.165) is 24.4 Å². The van der Waals surface area contributed by atoms with E-state index in [4.69, 9.17) is 0 Å². The number of amides is 1. The van der Waals surface area contributed by atoms with Crippen LogP contribution in [0.25, 0.3) is 0 Å². The molecule has 0 bridgehead atoms. The summed E-state index contributed by atoms with van der Waals surface area (Å²) in [7, 11) is 0. The maximum Gasteiger partial charge on any atom is 0.227 e. The number of aromatic nitrogens is 2. The molecule has 0 aliphatic carbocycles. The highest BCUT2D eigenvalue weighted by Gasteiger charge is 2.31. The molecule has 1 unspecified atom stereocenters. The minimum atomic E-state index is 0.113. The van der Waals surface area contributed by atoms with Gasteiger partial charge in [-0.2, -0.15) is 5.10 Å². The zero-order chi connectivity index (χ0) is 13.8. The number of rotatable bonds is 5. The van der Waals surface area contributed by atoms with Crippen LogP contribution in [0, 0.1) is 5.92 Å². The number of hydrogen-bond acceptors (Lipinski definition) is 4. The van der Waals surface area contributed by atoms with E-state index in [-0.39, 0.29) is 16.9 Å². The molecule has 1 saturated heterocycles. The Balaban J connectivity index is 1.96. The van der Waals surface area contributed by atoms with E-state index in [1.807, 2.05) is 10.9 Å². The molecule has 104 valence electrons. The lowest BCUT2D eigenvalue weighted by atomic mass is 10.1. The van der Waals surface area contributed by atoms with Crippen LogP contribution in [-0.4, -0.2) is 33.1 Å². The maximum absolute atomic E-state index is 12.0. The summed E-state index contributed by atoms with van der Waals surface area (Å²) in [6.45, 7) is 5.22. The Morgan fingerprint density at radius 3 is 3.05 bits per heavy atom. The number of anilines is 1. The van der Waals surface area contributed by atoms with Gasteiger partial charge in [0, 0.05) is 38.4 Å². The third-order valence-corrected chi connectivity index (χ3v) is 4.16. The molecule has 0 spiro atoms. The second-order valence-corrected chi connectivity index (χ2v) is 6.04. The summed E-state index contributed by atoms with van der Waals surface area (Å²) in [6.07, 6.45) is 5.21. The van der Waals surface area contributed by atoms with Gasteiger partial charge >= 0.3 is 0 Å². The van der Waals surface area contributed by atoms with E-state index < -0.39 is 0 Å². The molecule has 0 aromatic carbocycles. The van der Waals surface area contributed by atoms with E-state index in [1.54, 1.807) is 18.0 Å². The number of nitrogens with zero attached hydrogens (tertiary/aromatic N) is 3. The van der Waals surface area contributed by atoms with Gasteiger partial charge < -0.3 is 4.90 Å². The van der Waals surface area contributed by atoms with Crippen molar-refractivity contribution in [3.8, 4) is 0 Å². The number of hydrogen-bond donors (Lipinski definition) is 0. The van der Waals surface area contributed by atoms with Crippen molar-refractivity contribution in [3.63, 3.8) is 0 Å². The van der Waals surface area contributed by atoms with Gasteiger partial charge in [0.2, 0.25) is 5.91 Å². The monoisotopic (exact) mass is 281 g/mol. The van der Waals surface area contributed by atoms with Crippen LogP contribution >= 0.6 is 11.8 Å². The van der Waals surface area contributed by atoms with Gasteiger partial charge in [-0.3, -0.25) is 14.3 Å². The van der Waals surface area contributed by atoms with E-state index >= 15 is 0 Å². The lowest BCUT2D eigenvalue weighted by molar-refractivity contribution is -0.117. The molecule has 2 rings (SSSR count). The molecule has 2 heterocycles. The summed E-state index contributed by atoms with van der Waals surface area (Å²) in [4.78, 5) is 24.7. The first-order valence-corrected chi connectivity index (χ1v) is 7.55. The Bertz CT molecular complexity index is 472. The zero-order valence-electron chi connectivity index (χ0n) is 11.3.